The highest BCUT2D eigenvalue weighted by atomic mass is 16.2. The van der Waals surface area contributed by atoms with Crippen molar-refractivity contribution in [3.05, 3.63) is 0 Å². The highest BCUT2D eigenvalue weighted by Crippen LogP contribution is 2.28. The van der Waals surface area contributed by atoms with E-state index < -0.39 is 0 Å². The van der Waals surface area contributed by atoms with Gasteiger partial charge in [0.25, 0.3) is 0 Å². The van der Waals surface area contributed by atoms with E-state index in [1.807, 2.05) is 4.90 Å². The van der Waals surface area contributed by atoms with Crippen molar-refractivity contribution in [2.75, 3.05) is 19.6 Å². The molecule has 4 nitrogen and oxygen atoms in total. The lowest BCUT2D eigenvalue weighted by atomic mass is 10.4. The number of hydrogen-bond acceptors (Lipinski definition) is 2. The maximum absolute atomic E-state index is 11.6. The van der Waals surface area contributed by atoms with Gasteiger partial charge in [-0.05, 0) is 25.7 Å². The van der Waals surface area contributed by atoms with Crippen LogP contribution in [0.2, 0.25) is 0 Å². The summed E-state index contributed by atoms with van der Waals surface area (Å²) in [6.07, 6.45) is 4.56. The zero-order valence-corrected chi connectivity index (χ0v) is 8.41. The van der Waals surface area contributed by atoms with Crippen molar-refractivity contribution in [3.8, 4) is 0 Å². The van der Waals surface area contributed by atoms with Crippen LogP contribution >= 0.6 is 0 Å². The third kappa shape index (κ3) is 2.25. The van der Waals surface area contributed by atoms with Gasteiger partial charge in [-0.1, -0.05) is 0 Å². The Morgan fingerprint density at radius 2 is 2.00 bits per heavy atom. The predicted octanol–water partition coefficient (Wildman–Crippen LogP) is 0.376. The summed E-state index contributed by atoms with van der Waals surface area (Å²) in [7, 11) is 0. The third-order valence-electron chi connectivity index (χ3n) is 2.85. The minimum Gasteiger partial charge on any atom is -0.387 e. The van der Waals surface area contributed by atoms with Crippen LogP contribution in [0.4, 0.5) is 0 Å². The SMILES string of the molecule is NC(=NCC(=O)N1CCCC1)C1CC1. The zero-order valence-electron chi connectivity index (χ0n) is 8.41. The molecule has 1 heterocycles. The molecule has 0 aromatic carbocycles. The van der Waals surface area contributed by atoms with Gasteiger partial charge in [0.15, 0.2) is 0 Å². The fourth-order valence-electron chi connectivity index (χ4n) is 1.73. The quantitative estimate of drug-likeness (QED) is 0.522. The van der Waals surface area contributed by atoms with E-state index in [9.17, 15) is 4.79 Å². The van der Waals surface area contributed by atoms with E-state index in [4.69, 9.17) is 5.73 Å². The molecule has 2 aliphatic rings. The van der Waals surface area contributed by atoms with E-state index >= 15 is 0 Å². The number of carbonyl (C=O) groups is 1. The Bertz CT molecular complexity index is 252. The number of aliphatic imine (C=N–C) groups is 1. The molecule has 1 aliphatic carbocycles. The van der Waals surface area contributed by atoms with Crippen molar-refractivity contribution < 1.29 is 4.79 Å². The lowest BCUT2D eigenvalue weighted by molar-refractivity contribution is -0.128. The molecular formula is C10H17N3O. The van der Waals surface area contributed by atoms with Crippen molar-refractivity contribution >= 4 is 11.7 Å². The number of nitrogens with two attached hydrogens (primary N) is 1. The van der Waals surface area contributed by atoms with Gasteiger partial charge in [0.05, 0.1) is 5.84 Å². The molecule has 0 unspecified atom stereocenters. The molecule has 0 aromatic rings. The molecule has 1 saturated heterocycles. The molecule has 0 spiro atoms. The van der Waals surface area contributed by atoms with Crippen molar-refractivity contribution in [2.24, 2.45) is 16.6 Å². The highest BCUT2D eigenvalue weighted by Gasteiger charge is 2.25. The van der Waals surface area contributed by atoms with Crippen molar-refractivity contribution in [1.29, 1.82) is 0 Å². The van der Waals surface area contributed by atoms with Crippen molar-refractivity contribution in [3.63, 3.8) is 0 Å². The molecule has 2 fully saturated rings. The second kappa shape index (κ2) is 3.98. The first-order valence-corrected chi connectivity index (χ1v) is 5.35. The van der Waals surface area contributed by atoms with Crippen LogP contribution in [0.3, 0.4) is 0 Å². The Morgan fingerprint density at radius 3 is 2.57 bits per heavy atom. The van der Waals surface area contributed by atoms with Gasteiger partial charge in [0, 0.05) is 19.0 Å². The Morgan fingerprint density at radius 1 is 1.36 bits per heavy atom. The molecule has 2 N–H and O–H groups in total. The van der Waals surface area contributed by atoms with Gasteiger partial charge in [-0.2, -0.15) is 0 Å². The number of nitrogens with zero attached hydrogens (tertiary/aromatic N) is 2. The van der Waals surface area contributed by atoms with E-state index in [-0.39, 0.29) is 12.5 Å². The molecule has 78 valence electrons. The van der Waals surface area contributed by atoms with E-state index in [1.54, 1.807) is 0 Å². The molecule has 0 aromatic heterocycles. The largest absolute Gasteiger partial charge is 0.387 e. The minimum absolute atomic E-state index is 0.131. The third-order valence-corrected chi connectivity index (χ3v) is 2.85. The number of likely N-dealkylation sites (tertiary alicyclic amines) is 1. The van der Waals surface area contributed by atoms with Crippen molar-refractivity contribution in [1.82, 2.24) is 4.90 Å². The summed E-state index contributed by atoms with van der Waals surface area (Å²) in [5, 5.41) is 0. The van der Waals surface area contributed by atoms with Crippen LogP contribution in [0.25, 0.3) is 0 Å². The van der Waals surface area contributed by atoms with Crippen LogP contribution in [-0.2, 0) is 4.79 Å². The van der Waals surface area contributed by atoms with Gasteiger partial charge >= 0.3 is 0 Å². The number of amidine groups is 1. The van der Waals surface area contributed by atoms with E-state index in [0.717, 1.165) is 38.8 Å². The number of amides is 1. The fraction of sp³-hybridized carbons (Fsp3) is 0.800. The highest BCUT2D eigenvalue weighted by molar-refractivity contribution is 5.88. The maximum atomic E-state index is 11.6. The monoisotopic (exact) mass is 195 g/mol. The molecule has 2 rings (SSSR count). The van der Waals surface area contributed by atoms with Gasteiger partial charge in [-0.25, -0.2) is 0 Å². The normalized spacial score (nSPS) is 22.9. The van der Waals surface area contributed by atoms with Gasteiger partial charge in [0.2, 0.25) is 5.91 Å². The Balaban J connectivity index is 1.78. The molecule has 1 aliphatic heterocycles. The summed E-state index contributed by atoms with van der Waals surface area (Å²) < 4.78 is 0. The Kier molecular flexibility index (Phi) is 2.70. The molecule has 1 amide bonds. The van der Waals surface area contributed by atoms with Crippen LogP contribution in [0, 0.1) is 5.92 Å². The summed E-state index contributed by atoms with van der Waals surface area (Å²) in [5.41, 5.74) is 5.71. The summed E-state index contributed by atoms with van der Waals surface area (Å²) in [6.45, 7) is 2.05. The first-order chi connectivity index (χ1) is 6.77. The topological polar surface area (TPSA) is 58.7 Å². The maximum Gasteiger partial charge on any atom is 0.244 e. The second-order valence-corrected chi connectivity index (χ2v) is 4.10. The Labute approximate surface area is 84.2 Å². The fourth-order valence-corrected chi connectivity index (χ4v) is 1.73. The first-order valence-electron chi connectivity index (χ1n) is 5.35. The lowest BCUT2D eigenvalue weighted by Gasteiger charge is -2.13. The van der Waals surface area contributed by atoms with Crippen molar-refractivity contribution in [2.45, 2.75) is 25.7 Å². The molecule has 0 atom stereocenters. The van der Waals surface area contributed by atoms with Gasteiger partial charge in [-0.15, -0.1) is 0 Å². The van der Waals surface area contributed by atoms with Crippen LogP contribution in [-0.4, -0.2) is 36.3 Å². The first kappa shape index (κ1) is 9.49. The average Bonchev–Trinajstić information content (AvgIpc) is 2.90. The van der Waals surface area contributed by atoms with Gasteiger partial charge < -0.3 is 10.6 Å². The van der Waals surface area contributed by atoms with Crippen LogP contribution < -0.4 is 5.73 Å². The number of carbonyl (C=O) groups excluding carboxylic acids is 1. The average molecular weight is 195 g/mol. The van der Waals surface area contributed by atoms with E-state index in [1.165, 1.54) is 0 Å². The predicted molar refractivity (Wildman–Crippen MR) is 55.0 cm³/mol. The summed E-state index contributed by atoms with van der Waals surface area (Å²) in [6, 6.07) is 0. The molecule has 14 heavy (non-hydrogen) atoms. The summed E-state index contributed by atoms with van der Waals surface area (Å²) in [5.74, 6) is 1.28. The van der Waals surface area contributed by atoms with Crippen LogP contribution in [0.15, 0.2) is 4.99 Å². The Hall–Kier alpha value is -1.06. The van der Waals surface area contributed by atoms with Crippen LogP contribution in [0.5, 0.6) is 0 Å². The molecule has 0 bridgehead atoms. The lowest BCUT2D eigenvalue weighted by Crippen LogP contribution is -2.30. The number of hydrogen-bond donors (Lipinski definition) is 1. The van der Waals surface area contributed by atoms with E-state index in [2.05, 4.69) is 4.99 Å². The zero-order chi connectivity index (χ0) is 9.97. The molecule has 1 saturated carbocycles. The minimum atomic E-state index is 0.131. The molecule has 4 heteroatoms. The summed E-state index contributed by atoms with van der Waals surface area (Å²) in [4.78, 5) is 17.6. The number of rotatable bonds is 3. The smallest absolute Gasteiger partial charge is 0.244 e. The second-order valence-electron chi connectivity index (χ2n) is 4.10. The van der Waals surface area contributed by atoms with Gasteiger partial charge in [0.1, 0.15) is 6.54 Å². The molecule has 0 radical (unpaired) electrons. The molecular weight excluding hydrogens is 178 g/mol. The van der Waals surface area contributed by atoms with Gasteiger partial charge in [-0.3, -0.25) is 9.79 Å². The van der Waals surface area contributed by atoms with Crippen LogP contribution in [0.1, 0.15) is 25.7 Å². The van der Waals surface area contributed by atoms with E-state index in [0.29, 0.717) is 11.8 Å². The standard InChI is InChI=1S/C10H17N3O/c11-10(8-3-4-8)12-7-9(14)13-5-1-2-6-13/h8H,1-7H2,(H2,11,12). The summed E-state index contributed by atoms with van der Waals surface area (Å²) >= 11 is 0.